The molecule has 2 bridgehead atoms. The van der Waals surface area contributed by atoms with E-state index in [1.807, 2.05) is 0 Å². The van der Waals surface area contributed by atoms with Crippen LogP contribution in [0.2, 0.25) is 0 Å². The van der Waals surface area contributed by atoms with E-state index in [0.29, 0.717) is 11.1 Å². The highest BCUT2D eigenvalue weighted by Crippen LogP contribution is 2.62. The summed E-state index contributed by atoms with van der Waals surface area (Å²) >= 11 is 0. The minimum atomic E-state index is -0.772. The molecule has 1 saturated carbocycles. The maximum absolute atomic E-state index is 12.7. The first kappa shape index (κ1) is 16.4. The molecule has 0 aromatic rings. The van der Waals surface area contributed by atoms with Crippen molar-refractivity contribution >= 4 is 11.9 Å². The Kier molecular flexibility index (Phi) is 3.44. The SMILES string of the molecule is CC1=CC(O/C=C2/C(=O)O[C@]34C(=C[C@H]2C3C)CCCC4(C)C)OC1=O. The highest BCUT2D eigenvalue weighted by Gasteiger charge is 2.64. The van der Waals surface area contributed by atoms with Gasteiger partial charge in [-0.1, -0.05) is 26.8 Å². The standard InChI is InChI=1S/C20H24O5/c1-11-8-16(24-17(11)21)23-10-15-14-9-13-6-5-7-19(3,4)20(13,12(14)2)25-18(15)22/h8-10,12,14,16H,5-7H2,1-4H3/b15-10+/t12?,14-,16?,20-/m0/s1. The number of ether oxygens (including phenoxy) is 3. The highest BCUT2D eigenvalue weighted by molar-refractivity contribution is 5.92. The van der Waals surface area contributed by atoms with Crippen LogP contribution >= 0.6 is 0 Å². The third-order valence-electron chi connectivity index (χ3n) is 6.40. The van der Waals surface area contributed by atoms with Crippen molar-refractivity contribution in [2.45, 2.75) is 58.8 Å². The summed E-state index contributed by atoms with van der Waals surface area (Å²) in [5.74, 6) is -0.559. The van der Waals surface area contributed by atoms with Crippen LogP contribution in [0.1, 0.15) is 47.0 Å². The maximum atomic E-state index is 12.7. The van der Waals surface area contributed by atoms with Crippen LogP contribution in [0.3, 0.4) is 0 Å². The molecule has 4 rings (SSSR count). The Morgan fingerprint density at radius 1 is 1.24 bits per heavy atom. The summed E-state index contributed by atoms with van der Waals surface area (Å²) in [6.07, 6.45) is 7.61. The summed E-state index contributed by atoms with van der Waals surface area (Å²) in [4.78, 5) is 24.2. The van der Waals surface area contributed by atoms with Crippen molar-refractivity contribution in [2.24, 2.45) is 17.3 Å². The molecule has 2 aliphatic heterocycles. The second-order valence-corrected chi connectivity index (χ2v) is 8.20. The van der Waals surface area contributed by atoms with Gasteiger partial charge in [0.25, 0.3) is 6.29 Å². The number of hydrogen-bond acceptors (Lipinski definition) is 5. The number of cyclic esters (lactones) is 1. The molecule has 0 aromatic heterocycles. The predicted octanol–water partition coefficient (Wildman–Crippen LogP) is 3.41. The van der Waals surface area contributed by atoms with Crippen LogP contribution in [0.15, 0.2) is 35.1 Å². The lowest BCUT2D eigenvalue weighted by Crippen LogP contribution is -2.58. The molecule has 4 atom stereocenters. The molecule has 5 heteroatoms. The van der Waals surface area contributed by atoms with Gasteiger partial charge in [0.1, 0.15) is 5.60 Å². The molecule has 0 aromatic carbocycles. The fourth-order valence-electron chi connectivity index (χ4n) is 5.09. The summed E-state index contributed by atoms with van der Waals surface area (Å²) in [5, 5.41) is 0. The summed E-state index contributed by atoms with van der Waals surface area (Å²) in [6.45, 7) is 8.22. The normalized spacial score (nSPS) is 40.2. The number of esters is 2. The molecule has 25 heavy (non-hydrogen) atoms. The first-order chi connectivity index (χ1) is 11.8. The highest BCUT2D eigenvalue weighted by atomic mass is 16.7. The Morgan fingerprint density at radius 2 is 2.00 bits per heavy atom. The van der Waals surface area contributed by atoms with Crippen LogP contribution in [0.5, 0.6) is 0 Å². The average molecular weight is 344 g/mol. The minimum Gasteiger partial charge on any atom is -0.458 e. The second kappa shape index (κ2) is 5.23. The van der Waals surface area contributed by atoms with E-state index >= 15 is 0 Å². The van der Waals surface area contributed by atoms with Crippen LogP contribution in [-0.4, -0.2) is 23.8 Å². The van der Waals surface area contributed by atoms with Crippen molar-refractivity contribution in [1.29, 1.82) is 0 Å². The lowest BCUT2D eigenvalue weighted by molar-refractivity contribution is -0.184. The lowest BCUT2D eigenvalue weighted by Gasteiger charge is -2.53. The Morgan fingerprint density at radius 3 is 2.68 bits per heavy atom. The monoisotopic (exact) mass is 344 g/mol. The minimum absolute atomic E-state index is 0.0178. The number of carbonyl (C=O) groups is 2. The quantitative estimate of drug-likeness (QED) is 0.332. The fraction of sp³-hybridized carbons (Fsp3) is 0.600. The molecular weight excluding hydrogens is 320 g/mol. The van der Waals surface area contributed by atoms with Crippen molar-refractivity contribution < 1.29 is 23.8 Å². The predicted molar refractivity (Wildman–Crippen MR) is 90.0 cm³/mol. The smallest absolute Gasteiger partial charge is 0.338 e. The third-order valence-corrected chi connectivity index (χ3v) is 6.40. The zero-order chi connectivity index (χ0) is 18.0. The molecule has 1 saturated heterocycles. The Labute approximate surface area is 147 Å². The van der Waals surface area contributed by atoms with Gasteiger partial charge in [-0.15, -0.1) is 0 Å². The van der Waals surface area contributed by atoms with Gasteiger partial charge in [-0.05, 0) is 31.8 Å². The van der Waals surface area contributed by atoms with Gasteiger partial charge in [0.15, 0.2) is 0 Å². The van der Waals surface area contributed by atoms with Gasteiger partial charge >= 0.3 is 11.9 Å². The van der Waals surface area contributed by atoms with E-state index in [1.165, 1.54) is 11.8 Å². The van der Waals surface area contributed by atoms with E-state index in [4.69, 9.17) is 14.2 Å². The molecule has 134 valence electrons. The molecule has 2 unspecified atom stereocenters. The van der Waals surface area contributed by atoms with E-state index in [9.17, 15) is 9.59 Å². The number of hydrogen-bond donors (Lipinski definition) is 0. The molecule has 2 fully saturated rings. The van der Waals surface area contributed by atoms with Crippen molar-refractivity contribution in [1.82, 2.24) is 0 Å². The van der Waals surface area contributed by atoms with Crippen molar-refractivity contribution in [2.75, 3.05) is 0 Å². The Balaban J connectivity index is 1.63. The number of carbonyl (C=O) groups excluding carboxylic acids is 2. The van der Waals surface area contributed by atoms with Gasteiger partial charge in [-0.25, -0.2) is 9.59 Å². The van der Waals surface area contributed by atoms with E-state index in [-0.39, 0.29) is 23.2 Å². The molecule has 4 aliphatic rings. The number of allylic oxidation sites excluding steroid dienone is 1. The third kappa shape index (κ3) is 2.14. The molecule has 2 heterocycles. The molecular formula is C20H24O5. The molecule has 0 radical (unpaired) electrons. The van der Waals surface area contributed by atoms with Crippen LogP contribution in [0.4, 0.5) is 0 Å². The Hall–Kier alpha value is -2.04. The summed E-state index contributed by atoms with van der Waals surface area (Å²) < 4.78 is 16.7. The van der Waals surface area contributed by atoms with E-state index in [0.717, 1.165) is 19.3 Å². The van der Waals surface area contributed by atoms with Crippen LogP contribution in [0, 0.1) is 17.3 Å². The molecule has 5 nitrogen and oxygen atoms in total. The fourth-order valence-corrected chi connectivity index (χ4v) is 5.09. The summed E-state index contributed by atoms with van der Waals surface area (Å²) in [5.41, 5.74) is 1.69. The zero-order valence-electron chi connectivity index (χ0n) is 15.1. The molecule has 1 spiro atoms. The van der Waals surface area contributed by atoms with E-state index < -0.39 is 17.9 Å². The molecule has 0 N–H and O–H groups in total. The number of rotatable bonds is 2. The van der Waals surface area contributed by atoms with Gasteiger partial charge in [0.2, 0.25) is 0 Å². The topological polar surface area (TPSA) is 61.8 Å². The first-order valence-corrected chi connectivity index (χ1v) is 8.96. The van der Waals surface area contributed by atoms with E-state index in [1.54, 1.807) is 13.0 Å². The van der Waals surface area contributed by atoms with Gasteiger partial charge in [0, 0.05) is 28.9 Å². The largest absolute Gasteiger partial charge is 0.458 e. The molecule has 0 amide bonds. The zero-order valence-corrected chi connectivity index (χ0v) is 15.1. The lowest BCUT2D eigenvalue weighted by atomic mass is 9.58. The number of fused-ring (bicyclic) bond motifs is 1. The van der Waals surface area contributed by atoms with Crippen molar-refractivity contribution in [3.8, 4) is 0 Å². The second-order valence-electron chi connectivity index (χ2n) is 8.20. The van der Waals surface area contributed by atoms with Crippen molar-refractivity contribution in [3.63, 3.8) is 0 Å². The Bertz CT molecular complexity index is 741. The maximum Gasteiger partial charge on any atom is 0.338 e. The summed E-state index contributed by atoms with van der Waals surface area (Å²) in [6, 6.07) is 0. The van der Waals surface area contributed by atoms with Gasteiger partial charge in [-0.3, -0.25) is 0 Å². The van der Waals surface area contributed by atoms with E-state index in [2.05, 4.69) is 26.8 Å². The average Bonchev–Trinajstić information content (AvgIpc) is 2.94. The van der Waals surface area contributed by atoms with Crippen LogP contribution in [0.25, 0.3) is 0 Å². The van der Waals surface area contributed by atoms with Crippen LogP contribution in [-0.2, 0) is 23.8 Å². The summed E-state index contributed by atoms with van der Waals surface area (Å²) in [7, 11) is 0. The van der Waals surface area contributed by atoms with Gasteiger partial charge in [0.05, 0.1) is 11.8 Å². The van der Waals surface area contributed by atoms with Gasteiger partial charge < -0.3 is 14.2 Å². The van der Waals surface area contributed by atoms with Gasteiger partial charge in [-0.2, -0.15) is 0 Å². The first-order valence-electron chi connectivity index (χ1n) is 8.96. The van der Waals surface area contributed by atoms with Crippen molar-refractivity contribution in [3.05, 3.63) is 35.1 Å². The molecule has 2 aliphatic carbocycles. The van der Waals surface area contributed by atoms with Crippen LogP contribution < -0.4 is 0 Å².